The van der Waals surface area contributed by atoms with E-state index in [0.29, 0.717) is 12.6 Å². The third-order valence-electron chi connectivity index (χ3n) is 3.70. The molecule has 0 aliphatic carbocycles. The Labute approximate surface area is 117 Å². The van der Waals surface area contributed by atoms with Gasteiger partial charge in [-0.2, -0.15) is 4.39 Å². The molecule has 0 saturated carbocycles. The molecule has 1 fully saturated rings. The van der Waals surface area contributed by atoms with Gasteiger partial charge < -0.3 is 5.32 Å². The molecule has 1 atom stereocenters. The minimum absolute atomic E-state index is 0.464. The monoisotopic (exact) mass is 281 g/mol. The van der Waals surface area contributed by atoms with Crippen molar-refractivity contribution < 1.29 is 9.31 Å². The highest BCUT2D eigenvalue weighted by Crippen LogP contribution is 2.19. The molecule has 110 valence electrons. The van der Waals surface area contributed by atoms with Crippen LogP contribution >= 0.6 is 0 Å². The molecule has 6 heteroatoms. The van der Waals surface area contributed by atoms with Gasteiger partial charge in [-0.05, 0) is 37.6 Å². The molecular weight excluding hydrogens is 261 g/mol. The Hall–Kier alpha value is -1.53. The van der Waals surface area contributed by atoms with Gasteiger partial charge in [0, 0.05) is 25.2 Å². The molecule has 20 heavy (non-hydrogen) atoms. The predicted molar refractivity (Wildman–Crippen MR) is 75.0 cm³/mol. The molecule has 2 rings (SSSR count). The summed E-state index contributed by atoms with van der Waals surface area (Å²) in [7, 11) is 0. The standard InChI is InChI=1S/C14H20FN3O2/c1-2-17(10-12-4-3-7-16-12)9-11-5-6-14(18(19)20)13(15)8-11/h5-6,8,12,16H,2-4,7,9-10H2,1H3. The van der Waals surface area contributed by atoms with Crippen molar-refractivity contribution >= 4 is 5.69 Å². The molecule has 0 bridgehead atoms. The van der Waals surface area contributed by atoms with Crippen LogP contribution in [0.4, 0.5) is 10.1 Å². The molecule has 1 aliphatic rings. The average molecular weight is 281 g/mol. The largest absolute Gasteiger partial charge is 0.313 e. The summed E-state index contributed by atoms with van der Waals surface area (Å²) in [6.07, 6.45) is 2.37. The zero-order valence-electron chi connectivity index (χ0n) is 11.6. The molecule has 5 nitrogen and oxygen atoms in total. The van der Waals surface area contributed by atoms with Crippen LogP contribution in [-0.4, -0.2) is 35.5 Å². The molecule has 1 aromatic rings. The highest BCUT2D eigenvalue weighted by molar-refractivity contribution is 5.34. The van der Waals surface area contributed by atoms with Crippen molar-refractivity contribution in [3.63, 3.8) is 0 Å². The van der Waals surface area contributed by atoms with Crippen molar-refractivity contribution in [1.82, 2.24) is 10.2 Å². The Morgan fingerprint density at radius 2 is 2.35 bits per heavy atom. The third-order valence-corrected chi connectivity index (χ3v) is 3.70. The van der Waals surface area contributed by atoms with Crippen LogP contribution in [0.25, 0.3) is 0 Å². The van der Waals surface area contributed by atoms with E-state index in [-0.39, 0.29) is 0 Å². The zero-order chi connectivity index (χ0) is 14.5. The van der Waals surface area contributed by atoms with Crippen molar-refractivity contribution in [2.45, 2.75) is 32.4 Å². The van der Waals surface area contributed by atoms with Gasteiger partial charge in [0.1, 0.15) is 0 Å². The summed E-state index contributed by atoms with van der Waals surface area (Å²) in [6.45, 7) is 5.54. The summed E-state index contributed by atoms with van der Waals surface area (Å²) in [6, 6.07) is 4.64. The highest BCUT2D eigenvalue weighted by atomic mass is 19.1. The van der Waals surface area contributed by atoms with Crippen molar-refractivity contribution in [1.29, 1.82) is 0 Å². The van der Waals surface area contributed by atoms with E-state index < -0.39 is 16.4 Å². The fourth-order valence-electron chi connectivity index (χ4n) is 2.58. The first-order valence-electron chi connectivity index (χ1n) is 6.98. The number of hydrogen-bond acceptors (Lipinski definition) is 4. The summed E-state index contributed by atoms with van der Waals surface area (Å²) in [5, 5.41) is 14.0. The van der Waals surface area contributed by atoms with Crippen LogP contribution in [-0.2, 0) is 6.54 Å². The first kappa shape index (κ1) is 14.9. The van der Waals surface area contributed by atoms with Crippen LogP contribution in [0.15, 0.2) is 18.2 Å². The summed E-state index contributed by atoms with van der Waals surface area (Å²) in [5.74, 6) is -0.762. The molecule has 0 spiro atoms. The van der Waals surface area contributed by atoms with Crippen molar-refractivity contribution in [2.24, 2.45) is 0 Å². The van der Waals surface area contributed by atoms with Crippen molar-refractivity contribution in [3.8, 4) is 0 Å². The second-order valence-electron chi connectivity index (χ2n) is 5.16. The minimum atomic E-state index is -0.762. The number of halogens is 1. The van der Waals surface area contributed by atoms with Crippen LogP contribution in [0.5, 0.6) is 0 Å². The molecule has 1 unspecified atom stereocenters. The van der Waals surface area contributed by atoms with Crippen molar-refractivity contribution in [2.75, 3.05) is 19.6 Å². The van der Waals surface area contributed by atoms with Gasteiger partial charge in [-0.1, -0.05) is 13.0 Å². The van der Waals surface area contributed by atoms with Gasteiger partial charge in [0.15, 0.2) is 0 Å². The van der Waals surface area contributed by atoms with Gasteiger partial charge >= 0.3 is 5.69 Å². The number of likely N-dealkylation sites (N-methyl/N-ethyl adjacent to an activating group) is 1. The maximum atomic E-state index is 13.6. The lowest BCUT2D eigenvalue weighted by molar-refractivity contribution is -0.387. The van der Waals surface area contributed by atoms with E-state index in [0.717, 1.165) is 25.2 Å². The number of nitro groups is 1. The van der Waals surface area contributed by atoms with Crippen LogP contribution in [0.1, 0.15) is 25.3 Å². The Morgan fingerprint density at radius 3 is 2.90 bits per heavy atom. The molecule has 0 aromatic heterocycles. The Kier molecular flexibility index (Phi) is 5.03. The highest BCUT2D eigenvalue weighted by Gasteiger charge is 2.18. The molecule has 1 aromatic carbocycles. The van der Waals surface area contributed by atoms with Crippen LogP contribution < -0.4 is 5.32 Å². The minimum Gasteiger partial charge on any atom is -0.313 e. The Balaban J connectivity index is 1.99. The summed E-state index contributed by atoms with van der Waals surface area (Å²) in [5.41, 5.74) is 0.308. The Bertz CT molecular complexity index is 475. The van der Waals surface area contributed by atoms with E-state index in [1.807, 2.05) is 0 Å². The molecule has 1 saturated heterocycles. The van der Waals surface area contributed by atoms with E-state index in [4.69, 9.17) is 0 Å². The van der Waals surface area contributed by atoms with Gasteiger partial charge in [-0.15, -0.1) is 0 Å². The third kappa shape index (κ3) is 3.74. The zero-order valence-corrected chi connectivity index (χ0v) is 11.6. The van der Waals surface area contributed by atoms with Crippen molar-refractivity contribution in [3.05, 3.63) is 39.7 Å². The van der Waals surface area contributed by atoms with E-state index in [1.165, 1.54) is 25.0 Å². The second-order valence-corrected chi connectivity index (χ2v) is 5.16. The van der Waals surface area contributed by atoms with Gasteiger partial charge in [0.05, 0.1) is 4.92 Å². The maximum absolute atomic E-state index is 13.6. The maximum Gasteiger partial charge on any atom is 0.304 e. The van der Waals surface area contributed by atoms with Crippen LogP contribution in [0.2, 0.25) is 0 Å². The first-order valence-corrected chi connectivity index (χ1v) is 6.98. The second kappa shape index (κ2) is 6.76. The predicted octanol–water partition coefficient (Wildman–Crippen LogP) is 2.31. The normalized spacial score (nSPS) is 18.6. The number of rotatable bonds is 6. The number of nitrogens with zero attached hydrogens (tertiary/aromatic N) is 2. The average Bonchev–Trinajstić information content (AvgIpc) is 2.90. The van der Waals surface area contributed by atoms with Gasteiger partial charge in [-0.25, -0.2) is 0 Å². The quantitative estimate of drug-likeness (QED) is 0.642. The lowest BCUT2D eigenvalue weighted by Crippen LogP contribution is -2.37. The fourth-order valence-corrected chi connectivity index (χ4v) is 2.58. The van der Waals surface area contributed by atoms with Gasteiger partial charge in [-0.3, -0.25) is 15.0 Å². The number of nitrogens with one attached hydrogen (secondary N) is 1. The smallest absolute Gasteiger partial charge is 0.304 e. The molecule has 0 amide bonds. The SMILES string of the molecule is CCN(Cc1ccc([N+](=O)[O-])c(F)c1)CC1CCCN1. The number of benzene rings is 1. The number of hydrogen-bond donors (Lipinski definition) is 1. The van der Waals surface area contributed by atoms with E-state index in [2.05, 4.69) is 17.1 Å². The van der Waals surface area contributed by atoms with E-state index in [1.54, 1.807) is 6.07 Å². The molecule has 0 radical (unpaired) electrons. The topological polar surface area (TPSA) is 58.4 Å². The summed E-state index contributed by atoms with van der Waals surface area (Å²) < 4.78 is 13.6. The van der Waals surface area contributed by atoms with Gasteiger partial charge in [0.25, 0.3) is 0 Å². The lowest BCUT2D eigenvalue weighted by Gasteiger charge is -2.24. The molecule has 1 N–H and O–H groups in total. The van der Waals surface area contributed by atoms with Crippen LogP contribution in [0.3, 0.4) is 0 Å². The first-order chi connectivity index (χ1) is 9.60. The van der Waals surface area contributed by atoms with E-state index >= 15 is 0 Å². The van der Waals surface area contributed by atoms with Crippen LogP contribution in [0, 0.1) is 15.9 Å². The fraction of sp³-hybridized carbons (Fsp3) is 0.571. The van der Waals surface area contributed by atoms with Gasteiger partial charge in [0.2, 0.25) is 5.82 Å². The lowest BCUT2D eigenvalue weighted by atomic mass is 10.1. The number of nitro benzene ring substituents is 1. The molecular formula is C14H20FN3O2. The molecule has 1 heterocycles. The summed E-state index contributed by atoms with van der Waals surface area (Å²) >= 11 is 0. The summed E-state index contributed by atoms with van der Waals surface area (Å²) in [4.78, 5) is 12.1. The Morgan fingerprint density at radius 1 is 1.55 bits per heavy atom. The van der Waals surface area contributed by atoms with E-state index in [9.17, 15) is 14.5 Å². The molecule has 1 aliphatic heterocycles.